The largest absolute Gasteiger partial charge is 0.466 e. The summed E-state index contributed by atoms with van der Waals surface area (Å²) in [5.74, 6) is -0.195. The van der Waals surface area contributed by atoms with E-state index in [1.54, 1.807) is 6.34 Å². The first kappa shape index (κ1) is 15.2. The predicted octanol–water partition coefficient (Wildman–Crippen LogP) is 2.14. The molecule has 0 radical (unpaired) electrons. The summed E-state index contributed by atoms with van der Waals surface area (Å²) in [7, 11) is 3.82. The van der Waals surface area contributed by atoms with Gasteiger partial charge >= 0.3 is 5.97 Å². The zero-order valence-corrected chi connectivity index (χ0v) is 11.9. The van der Waals surface area contributed by atoms with Crippen molar-refractivity contribution in [3.8, 4) is 0 Å². The maximum Gasteiger partial charge on any atom is 0.307 e. The molecule has 1 unspecified atom stereocenters. The Morgan fingerprint density at radius 2 is 2.05 bits per heavy atom. The Morgan fingerprint density at radius 3 is 2.63 bits per heavy atom. The van der Waals surface area contributed by atoms with Crippen LogP contribution in [0.5, 0.6) is 0 Å². The van der Waals surface area contributed by atoms with Crippen molar-refractivity contribution in [2.75, 3.05) is 20.7 Å². The van der Waals surface area contributed by atoms with Gasteiger partial charge in [0.25, 0.3) is 0 Å². The van der Waals surface area contributed by atoms with Gasteiger partial charge in [0.2, 0.25) is 0 Å². The van der Waals surface area contributed by atoms with Gasteiger partial charge in [-0.25, -0.2) is 0 Å². The van der Waals surface area contributed by atoms with Crippen LogP contribution in [0.3, 0.4) is 0 Å². The van der Waals surface area contributed by atoms with Crippen LogP contribution in [0.1, 0.15) is 18.9 Å². The van der Waals surface area contributed by atoms with Gasteiger partial charge < -0.3 is 9.64 Å². The van der Waals surface area contributed by atoms with Gasteiger partial charge in [-0.3, -0.25) is 9.79 Å². The Kier molecular flexibility index (Phi) is 6.64. The number of esters is 1. The maximum atomic E-state index is 11.6. The third kappa shape index (κ3) is 6.60. The Balaban J connectivity index is 2.66. The molecule has 0 amide bonds. The van der Waals surface area contributed by atoms with Crippen LogP contribution >= 0.6 is 0 Å². The maximum absolute atomic E-state index is 11.6. The fourth-order valence-electron chi connectivity index (χ4n) is 1.70. The van der Waals surface area contributed by atoms with Crippen LogP contribution in [0.2, 0.25) is 0 Å². The first-order valence-electron chi connectivity index (χ1n) is 6.51. The SMILES string of the molecule is CCOC(=O)CC(Cc1ccccc1)N=CN(C)C. The Hall–Kier alpha value is -1.84. The molecule has 0 aliphatic carbocycles. The van der Waals surface area contributed by atoms with Crippen LogP contribution in [0.25, 0.3) is 0 Å². The number of benzene rings is 1. The van der Waals surface area contributed by atoms with Crippen molar-refractivity contribution in [3.63, 3.8) is 0 Å². The average molecular weight is 262 g/mol. The van der Waals surface area contributed by atoms with E-state index in [2.05, 4.69) is 4.99 Å². The number of hydrogen-bond donors (Lipinski definition) is 0. The van der Waals surface area contributed by atoms with Crippen LogP contribution in [-0.4, -0.2) is 44.0 Å². The van der Waals surface area contributed by atoms with E-state index in [0.717, 1.165) is 6.42 Å². The molecule has 1 atom stereocenters. The summed E-state index contributed by atoms with van der Waals surface area (Å²) in [6, 6.07) is 9.97. The predicted molar refractivity (Wildman–Crippen MR) is 77.4 cm³/mol. The molecule has 0 saturated heterocycles. The topological polar surface area (TPSA) is 41.9 Å². The van der Waals surface area contributed by atoms with Gasteiger partial charge in [-0.1, -0.05) is 30.3 Å². The number of nitrogens with zero attached hydrogens (tertiary/aromatic N) is 2. The quantitative estimate of drug-likeness (QED) is 0.429. The summed E-state index contributed by atoms with van der Waals surface area (Å²) < 4.78 is 4.99. The molecule has 0 spiro atoms. The summed E-state index contributed by atoms with van der Waals surface area (Å²) in [5.41, 5.74) is 1.17. The lowest BCUT2D eigenvalue weighted by molar-refractivity contribution is -0.143. The lowest BCUT2D eigenvalue weighted by Gasteiger charge is -2.13. The minimum atomic E-state index is -0.195. The van der Waals surface area contributed by atoms with E-state index >= 15 is 0 Å². The summed E-state index contributed by atoms with van der Waals surface area (Å²) >= 11 is 0. The van der Waals surface area contributed by atoms with Gasteiger partial charge in [0.15, 0.2) is 0 Å². The third-order valence-corrected chi connectivity index (χ3v) is 2.53. The second-order valence-electron chi connectivity index (χ2n) is 4.58. The second-order valence-corrected chi connectivity index (χ2v) is 4.58. The number of carbonyl (C=O) groups excluding carboxylic acids is 1. The molecule has 0 saturated carbocycles. The Bertz CT molecular complexity index is 402. The molecule has 0 aliphatic rings. The summed E-state index contributed by atoms with van der Waals surface area (Å²) in [4.78, 5) is 17.9. The van der Waals surface area contributed by atoms with Crippen LogP contribution in [0, 0.1) is 0 Å². The molecule has 0 fully saturated rings. The minimum Gasteiger partial charge on any atom is -0.466 e. The highest BCUT2D eigenvalue weighted by Gasteiger charge is 2.14. The number of carbonyl (C=O) groups is 1. The molecule has 1 aromatic carbocycles. The van der Waals surface area contributed by atoms with Crippen LogP contribution in [0.4, 0.5) is 0 Å². The van der Waals surface area contributed by atoms with Crippen molar-refractivity contribution in [2.45, 2.75) is 25.8 Å². The van der Waals surface area contributed by atoms with Gasteiger partial charge in [-0.2, -0.15) is 0 Å². The number of aliphatic imine (C=N–C) groups is 1. The standard InChI is InChI=1S/C15H22N2O2/c1-4-19-15(18)11-14(16-12-17(2)3)10-13-8-6-5-7-9-13/h5-9,12,14H,4,10-11H2,1-3H3. The summed E-state index contributed by atoms with van der Waals surface area (Å²) in [5, 5.41) is 0. The number of hydrogen-bond acceptors (Lipinski definition) is 3. The van der Waals surface area contributed by atoms with E-state index in [0.29, 0.717) is 13.0 Å². The average Bonchev–Trinajstić information content (AvgIpc) is 2.37. The molecule has 0 aromatic heterocycles. The van der Waals surface area contributed by atoms with E-state index < -0.39 is 0 Å². The van der Waals surface area contributed by atoms with Crippen LogP contribution in [-0.2, 0) is 16.0 Å². The van der Waals surface area contributed by atoms with Crippen LogP contribution < -0.4 is 0 Å². The first-order valence-corrected chi connectivity index (χ1v) is 6.51. The molecule has 4 nitrogen and oxygen atoms in total. The highest BCUT2D eigenvalue weighted by Crippen LogP contribution is 2.10. The lowest BCUT2D eigenvalue weighted by Crippen LogP contribution is -2.19. The molecule has 0 N–H and O–H groups in total. The van der Waals surface area contributed by atoms with E-state index in [1.807, 2.05) is 56.3 Å². The Labute approximate surface area is 115 Å². The smallest absolute Gasteiger partial charge is 0.307 e. The molecule has 0 heterocycles. The highest BCUT2D eigenvalue weighted by atomic mass is 16.5. The molecule has 0 bridgehead atoms. The van der Waals surface area contributed by atoms with Gasteiger partial charge in [0.05, 0.1) is 25.4 Å². The van der Waals surface area contributed by atoms with Crippen molar-refractivity contribution >= 4 is 12.3 Å². The molecule has 1 rings (SSSR count). The van der Waals surface area contributed by atoms with E-state index in [1.165, 1.54) is 5.56 Å². The summed E-state index contributed by atoms with van der Waals surface area (Å²) in [6.07, 6.45) is 2.80. The van der Waals surface area contributed by atoms with Crippen LogP contribution in [0.15, 0.2) is 35.3 Å². The number of rotatable bonds is 7. The van der Waals surface area contributed by atoms with Crippen molar-refractivity contribution in [1.82, 2.24) is 4.90 Å². The van der Waals surface area contributed by atoms with Gasteiger partial charge in [0.1, 0.15) is 0 Å². The molecular formula is C15H22N2O2. The fraction of sp³-hybridized carbons (Fsp3) is 0.467. The molecule has 1 aromatic rings. The van der Waals surface area contributed by atoms with Crippen molar-refractivity contribution in [3.05, 3.63) is 35.9 Å². The zero-order valence-electron chi connectivity index (χ0n) is 11.9. The van der Waals surface area contributed by atoms with Gasteiger partial charge in [-0.05, 0) is 18.9 Å². The molecule has 19 heavy (non-hydrogen) atoms. The monoisotopic (exact) mass is 262 g/mol. The van der Waals surface area contributed by atoms with Gasteiger partial charge in [-0.15, -0.1) is 0 Å². The van der Waals surface area contributed by atoms with Crippen molar-refractivity contribution in [1.29, 1.82) is 0 Å². The van der Waals surface area contributed by atoms with Crippen molar-refractivity contribution in [2.24, 2.45) is 4.99 Å². The van der Waals surface area contributed by atoms with E-state index in [-0.39, 0.29) is 12.0 Å². The first-order chi connectivity index (χ1) is 9.11. The normalized spacial score (nSPS) is 12.4. The highest BCUT2D eigenvalue weighted by molar-refractivity contribution is 5.70. The second kappa shape index (κ2) is 8.29. The van der Waals surface area contributed by atoms with E-state index in [9.17, 15) is 4.79 Å². The Morgan fingerprint density at radius 1 is 1.37 bits per heavy atom. The summed E-state index contributed by atoms with van der Waals surface area (Å²) in [6.45, 7) is 2.22. The van der Waals surface area contributed by atoms with Gasteiger partial charge in [0, 0.05) is 14.1 Å². The molecule has 0 aliphatic heterocycles. The molecular weight excluding hydrogens is 240 g/mol. The number of ether oxygens (including phenoxy) is 1. The molecule has 4 heteroatoms. The minimum absolute atomic E-state index is 0.0798. The lowest BCUT2D eigenvalue weighted by atomic mass is 10.0. The third-order valence-electron chi connectivity index (χ3n) is 2.53. The fourth-order valence-corrected chi connectivity index (χ4v) is 1.70. The van der Waals surface area contributed by atoms with E-state index in [4.69, 9.17) is 4.74 Å². The van der Waals surface area contributed by atoms with Crippen molar-refractivity contribution < 1.29 is 9.53 Å². The zero-order chi connectivity index (χ0) is 14.1. The molecule has 104 valence electrons.